The summed E-state index contributed by atoms with van der Waals surface area (Å²) in [5, 5.41) is 0. The van der Waals surface area contributed by atoms with Gasteiger partial charge in [-0.15, -0.1) is 0 Å². The first-order chi connectivity index (χ1) is 4.22. The van der Waals surface area contributed by atoms with Gasteiger partial charge in [0.15, 0.2) is 5.79 Å². The lowest BCUT2D eigenvalue weighted by atomic mass is 10.0. The van der Waals surface area contributed by atoms with Gasteiger partial charge in [0.2, 0.25) is 0 Å². The van der Waals surface area contributed by atoms with Gasteiger partial charge in [0.1, 0.15) is 0 Å². The molecular weight excluding hydrogens is 116 g/mol. The minimum Gasteiger partial charge on any atom is -0.350 e. The van der Waals surface area contributed by atoms with Crippen molar-refractivity contribution in [1.82, 2.24) is 0 Å². The van der Waals surface area contributed by atoms with Crippen LogP contribution in [0.1, 0.15) is 13.3 Å². The first kappa shape index (κ1) is 6.78. The predicted octanol–water partition coefficient (Wildman–Crippen LogP) is 1.32. The molecular formula is C7H12O2. The highest BCUT2D eigenvalue weighted by atomic mass is 16.7. The molecule has 1 aliphatic heterocycles. The Labute approximate surface area is 55.5 Å². The summed E-state index contributed by atoms with van der Waals surface area (Å²) in [6.07, 6.45) is 2.95. The van der Waals surface area contributed by atoms with E-state index in [4.69, 9.17) is 9.47 Å². The Kier molecular flexibility index (Phi) is 1.60. The third-order valence-corrected chi connectivity index (χ3v) is 1.63. The van der Waals surface area contributed by atoms with Crippen molar-refractivity contribution in [2.75, 3.05) is 7.11 Å². The molecule has 1 rings (SSSR count). The van der Waals surface area contributed by atoms with E-state index in [0.29, 0.717) is 6.10 Å². The summed E-state index contributed by atoms with van der Waals surface area (Å²) in [6.45, 7) is 5.62. The molecule has 1 heterocycles. The Balaban J connectivity index is 2.45. The maximum absolute atomic E-state index is 5.28. The van der Waals surface area contributed by atoms with Crippen molar-refractivity contribution in [2.24, 2.45) is 0 Å². The zero-order valence-electron chi connectivity index (χ0n) is 5.89. The predicted molar refractivity (Wildman–Crippen MR) is 35.1 cm³/mol. The van der Waals surface area contributed by atoms with Gasteiger partial charge >= 0.3 is 0 Å². The van der Waals surface area contributed by atoms with Crippen molar-refractivity contribution < 1.29 is 9.47 Å². The fourth-order valence-corrected chi connectivity index (χ4v) is 1.08. The van der Waals surface area contributed by atoms with Gasteiger partial charge in [0, 0.05) is 13.5 Å². The van der Waals surface area contributed by atoms with Crippen molar-refractivity contribution in [3.05, 3.63) is 12.7 Å². The van der Waals surface area contributed by atoms with Gasteiger partial charge in [-0.2, -0.15) is 0 Å². The first-order valence-corrected chi connectivity index (χ1v) is 3.09. The van der Waals surface area contributed by atoms with Gasteiger partial charge in [-0.05, 0) is 13.0 Å². The lowest BCUT2D eigenvalue weighted by Crippen LogP contribution is -2.48. The molecule has 2 heteroatoms. The standard InChI is InChI=1S/C7H12O2/c1-4-7(8-3)5-6(2)9-7/h4,6H,1,5H2,2-3H3. The van der Waals surface area contributed by atoms with E-state index in [9.17, 15) is 0 Å². The summed E-state index contributed by atoms with van der Waals surface area (Å²) in [5.74, 6) is -0.459. The van der Waals surface area contributed by atoms with Gasteiger partial charge in [0.25, 0.3) is 0 Å². The molecule has 0 aromatic rings. The largest absolute Gasteiger partial charge is 0.350 e. The number of ether oxygens (including phenoxy) is 2. The first-order valence-electron chi connectivity index (χ1n) is 3.09. The third-order valence-electron chi connectivity index (χ3n) is 1.63. The SMILES string of the molecule is C=CC1(OC)CC(C)O1. The third kappa shape index (κ3) is 1.00. The van der Waals surface area contributed by atoms with Crippen LogP contribution in [0.15, 0.2) is 12.7 Å². The Morgan fingerprint density at radius 2 is 2.44 bits per heavy atom. The Morgan fingerprint density at radius 3 is 2.56 bits per heavy atom. The zero-order valence-corrected chi connectivity index (χ0v) is 5.89. The summed E-state index contributed by atoms with van der Waals surface area (Å²) in [6, 6.07) is 0. The topological polar surface area (TPSA) is 18.5 Å². The highest BCUT2D eigenvalue weighted by Crippen LogP contribution is 2.33. The van der Waals surface area contributed by atoms with Crippen LogP contribution in [0.5, 0.6) is 0 Å². The van der Waals surface area contributed by atoms with Crippen LogP contribution in [0.4, 0.5) is 0 Å². The molecule has 0 aromatic heterocycles. The smallest absolute Gasteiger partial charge is 0.189 e. The second-order valence-corrected chi connectivity index (χ2v) is 2.35. The number of methoxy groups -OCH3 is 1. The van der Waals surface area contributed by atoms with E-state index in [1.54, 1.807) is 13.2 Å². The van der Waals surface area contributed by atoms with Crippen molar-refractivity contribution in [3.63, 3.8) is 0 Å². The summed E-state index contributed by atoms with van der Waals surface area (Å²) in [7, 11) is 1.63. The molecule has 0 N–H and O–H groups in total. The number of hydrogen-bond acceptors (Lipinski definition) is 2. The summed E-state index contributed by atoms with van der Waals surface area (Å²) >= 11 is 0. The van der Waals surface area contributed by atoms with Gasteiger partial charge in [-0.3, -0.25) is 0 Å². The summed E-state index contributed by atoms with van der Waals surface area (Å²) in [5.41, 5.74) is 0. The van der Waals surface area contributed by atoms with Gasteiger partial charge in [-0.1, -0.05) is 6.58 Å². The Bertz CT molecular complexity index is 114. The average Bonchev–Trinajstić information content (AvgIpc) is 1.81. The normalized spacial score (nSPS) is 41.8. The maximum Gasteiger partial charge on any atom is 0.189 e. The lowest BCUT2D eigenvalue weighted by Gasteiger charge is -2.42. The van der Waals surface area contributed by atoms with E-state index >= 15 is 0 Å². The fourth-order valence-electron chi connectivity index (χ4n) is 1.08. The molecule has 0 radical (unpaired) electrons. The van der Waals surface area contributed by atoms with Crippen molar-refractivity contribution in [1.29, 1.82) is 0 Å². The molecule has 0 aromatic carbocycles. The van der Waals surface area contributed by atoms with Crippen LogP contribution < -0.4 is 0 Å². The van der Waals surface area contributed by atoms with Crippen molar-refractivity contribution in [2.45, 2.75) is 25.2 Å². The molecule has 2 unspecified atom stereocenters. The molecule has 1 fully saturated rings. The highest BCUT2D eigenvalue weighted by Gasteiger charge is 2.40. The van der Waals surface area contributed by atoms with E-state index in [2.05, 4.69) is 6.58 Å². The number of rotatable bonds is 2. The maximum atomic E-state index is 5.28. The van der Waals surface area contributed by atoms with E-state index in [-0.39, 0.29) is 0 Å². The molecule has 2 atom stereocenters. The monoisotopic (exact) mass is 128 g/mol. The minimum absolute atomic E-state index is 0.322. The fraction of sp³-hybridized carbons (Fsp3) is 0.714. The van der Waals surface area contributed by atoms with Gasteiger partial charge < -0.3 is 9.47 Å². The Hall–Kier alpha value is -0.340. The van der Waals surface area contributed by atoms with E-state index in [1.807, 2.05) is 6.92 Å². The quantitative estimate of drug-likeness (QED) is 0.522. The van der Waals surface area contributed by atoms with Crippen LogP contribution in [-0.2, 0) is 9.47 Å². The van der Waals surface area contributed by atoms with Crippen LogP contribution in [0.3, 0.4) is 0 Å². The molecule has 0 aliphatic carbocycles. The van der Waals surface area contributed by atoms with Crippen molar-refractivity contribution in [3.8, 4) is 0 Å². The molecule has 0 spiro atoms. The van der Waals surface area contributed by atoms with E-state index in [1.165, 1.54) is 0 Å². The molecule has 2 nitrogen and oxygen atoms in total. The highest BCUT2D eigenvalue weighted by molar-refractivity contribution is 4.97. The second-order valence-electron chi connectivity index (χ2n) is 2.35. The second kappa shape index (κ2) is 2.12. The van der Waals surface area contributed by atoms with Crippen molar-refractivity contribution >= 4 is 0 Å². The lowest BCUT2D eigenvalue weighted by molar-refractivity contribution is -0.297. The number of hydrogen-bond donors (Lipinski definition) is 0. The van der Waals surface area contributed by atoms with Crippen LogP contribution in [0.25, 0.3) is 0 Å². The van der Waals surface area contributed by atoms with Gasteiger partial charge in [0.05, 0.1) is 6.10 Å². The molecule has 1 aliphatic rings. The zero-order chi connectivity index (χ0) is 6.91. The van der Waals surface area contributed by atoms with E-state index < -0.39 is 5.79 Å². The Morgan fingerprint density at radius 1 is 1.89 bits per heavy atom. The molecule has 0 saturated carbocycles. The summed E-state index contributed by atoms with van der Waals surface area (Å²) < 4.78 is 10.3. The average molecular weight is 128 g/mol. The minimum atomic E-state index is -0.459. The molecule has 0 amide bonds. The molecule has 52 valence electrons. The van der Waals surface area contributed by atoms with Gasteiger partial charge in [-0.25, -0.2) is 0 Å². The van der Waals surface area contributed by atoms with Crippen LogP contribution in [0, 0.1) is 0 Å². The van der Waals surface area contributed by atoms with Crippen LogP contribution in [-0.4, -0.2) is 19.0 Å². The van der Waals surface area contributed by atoms with Crippen LogP contribution >= 0.6 is 0 Å². The molecule has 9 heavy (non-hydrogen) atoms. The molecule has 0 bridgehead atoms. The molecule has 1 saturated heterocycles. The van der Waals surface area contributed by atoms with E-state index in [0.717, 1.165) is 6.42 Å². The summed E-state index contributed by atoms with van der Waals surface area (Å²) in [4.78, 5) is 0. The van der Waals surface area contributed by atoms with Crippen LogP contribution in [0.2, 0.25) is 0 Å².